The fraction of sp³-hybridized carbons (Fsp3) is 0.158. The van der Waals surface area contributed by atoms with E-state index in [1.165, 1.54) is 5.39 Å². The van der Waals surface area contributed by atoms with Gasteiger partial charge in [0.15, 0.2) is 0 Å². The number of hydrogen-bond donors (Lipinski definition) is 1. The molecule has 0 heterocycles. The second-order valence-electron chi connectivity index (χ2n) is 5.74. The van der Waals surface area contributed by atoms with Crippen molar-refractivity contribution in [3.05, 3.63) is 60.2 Å². The molecule has 4 heteroatoms. The van der Waals surface area contributed by atoms with Crippen molar-refractivity contribution in [3.63, 3.8) is 0 Å². The highest BCUT2D eigenvalue weighted by molar-refractivity contribution is 6.23. The summed E-state index contributed by atoms with van der Waals surface area (Å²) < 4.78 is 25.4. The van der Waals surface area contributed by atoms with Gasteiger partial charge in [0.05, 0.1) is 0 Å². The van der Waals surface area contributed by atoms with E-state index in [1.807, 2.05) is 30.3 Å². The van der Waals surface area contributed by atoms with Crippen LogP contribution in [0, 0.1) is 0 Å². The summed E-state index contributed by atoms with van der Waals surface area (Å²) in [6.07, 6.45) is -2.71. The van der Waals surface area contributed by atoms with Gasteiger partial charge in [0.25, 0.3) is 0 Å². The molecule has 1 atom stereocenters. The maximum Gasteiger partial charge on any atom is 0.240 e. The molecule has 0 unspecified atom stereocenters. The van der Waals surface area contributed by atoms with Crippen LogP contribution in [0.5, 0.6) is 0 Å². The van der Waals surface area contributed by atoms with E-state index in [9.17, 15) is 8.78 Å². The van der Waals surface area contributed by atoms with Crippen molar-refractivity contribution in [2.75, 3.05) is 0 Å². The average molecular weight is 332 g/mol. The third-order valence-corrected chi connectivity index (χ3v) is 4.39. The first kappa shape index (κ1) is 15.9. The molecule has 0 radical (unpaired) electrons. The van der Waals surface area contributed by atoms with Crippen molar-refractivity contribution in [2.24, 2.45) is 5.73 Å². The van der Waals surface area contributed by atoms with Gasteiger partial charge in [0, 0.05) is 12.5 Å². The van der Waals surface area contributed by atoms with Crippen LogP contribution in [0.25, 0.3) is 32.3 Å². The second-order valence-corrected chi connectivity index (χ2v) is 5.74. The van der Waals surface area contributed by atoms with Crippen LogP contribution in [0.15, 0.2) is 54.6 Å². The molecule has 0 saturated carbocycles. The predicted octanol–water partition coefficient (Wildman–Crippen LogP) is 5.66. The first-order valence-corrected chi connectivity index (χ1v) is 7.35. The summed E-state index contributed by atoms with van der Waals surface area (Å²) in [6, 6.07) is 17.6. The second kappa shape index (κ2) is 5.91. The minimum atomic E-state index is -2.39. The summed E-state index contributed by atoms with van der Waals surface area (Å²) in [5.74, 6) is 0. The molecule has 0 aliphatic carbocycles. The number of hydrogen-bond acceptors (Lipinski definition) is 1. The smallest absolute Gasteiger partial charge is 0.240 e. The quantitative estimate of drug-likeness (QED) is 0.481. The Labute approximate surface area is 138 Å². The van der Waals surface area contributed by atoms with Gasteiger partial charge < -0.3 is 5.73 Å². The minimum Gasteiger partial charge on any atom is -0.324 e. The van der Waals surface area contributed by atoms with Crippen LogP contribution in [-0.2, 0) is 0 Å². The van der Waals surface area contributed by atoms with Crippen LogP contribution in [0.1, 0.15) is 18.0 Å². The van der Waals surface area contributed by atoms with Gasteiger partial charge in [-0.1, -0.05) is 54.6 Å². The molecule has 4 rings (SSSR count). The highest BCUT2D eigenvalue weighted by Gasteiger charge is 2.17. The van der Waals surface area contributed by atoms with Gasteiger partial charge >= 0.3 is 0 Å². The predicted molar refractivity (Wildman–Crippen MR) is 94.9 cm³/mol. The molecule has 4 aromatic rings. The van der Waals surface area contributed by atoms with E-state index in [1.54, 1.807) is 0 Å². The molecule has 0 fully saturated rings. The topological polar surface area (TPSA) is 26.0 Å². The Morgan fingerprint density at radius 3 is 2.00 bits per heavy atom. The fourth-order valence-corrected chi connectivity index (χ4v) is 3.40. The molecule has 0 saturated heterocycles. The summed E-state index contributed by atoms with van der Waals surface area (Å²) in [4.78, 5) is 0. The SMILES string of the molecule is Cl.N[C@@H](CC(F)F)c1ccc2ccc3cccc4ccc1c2c34. The highest BCUT2D eigenvalue weighted by atomic mass is 35.5. The maximum atomic E-state index is 12.7. The van der Waals surface area contributed by atoms with Crippen molar-refractivity contribution < 1.29 is 8.78 Å². The lowest BCUT2D eigenvalue weighted by Crippen LogP contribution is -2.14. The monoisotopic (exact) mass is 331 g/mol. The van der Waals surface area contributed by atoms with Crippen LogP contribution >= 0.6 is 12.4 Å². The van der Waals surface area contributed by atoms with Crippen LogP contribution in [0.4, 0.5) is 8.78 Å². The highest BCUT2D eigenvalue weighted by Crippen LogP contribution is 2.37. The molecule has 1 nitrogen and oxygen atoms in total. The van der Waals surface area contributed by atoms with Gasteiger partial charge in [0.1, 0.15) is 0 Å². The summed E-state index contributed by atoms with van der Waals surface area (Å²) in [5, 5.41) is 6.73. The average Bonchev–Trinajstić information content (AvgIpc) is 2.51. The van der Waals surface area contributed by atoms with Gasteiger partial charge in [0.2, 0.25) is 6.43 Å². The Hall–Kier alpha value is -1.97. The van der Waals surface area contributed by atoms with Gasteiger partial charge in [-0.05, 0) is 37.9 Å². The van der Waals surface area contributed by atoms with Gasteiger partial charge in [-0.2, -0.15) is 0 Å². The Morgan fingerprint density at radius 1 is 0.783 bits per heavy atom. The normalized spacial score (nSPS) is 13.0. The van der Waals surface area contributed by atoms with Crippen LogP contribution in [0.3, 0.4) is 0 Å². The molecule has 23 heavy (non-hydrogen) atoms. The number of benzene rings is 4. The molecule has 0 aliphatic rings. The lowest BCUT2D eigenvalue weighted by Gasteiger charge is -2.17. The standard InChI is InChI=1S/C19H15F2N.ClH/c20-17(21)10-16(22)14-8-6-13-5-4-11-2-1-3-12-7-9-15(14)19(13)18(11)12;/h1-9,16-17H,10,22H2;1H/t16-;/m0./s1. The molecule has 4 aromatic carbocycles. The number of rotatable bonds is 3. The van der Waals surface area contributed by atoms with E-state index in [0.29, 0.717) is 0 Å². The van der Waals surface area contributed by atoms with E-state index in [4.69, 9.17) is 5.73 Å². The Bertz CT molecular complexity index is 952. The molecule has 118 valence electrons. The Balaban J connectivity index is 0.00000156. The van der Waals surface area contributed by atoms with Crippen molar-refractivity contribution >= 4 is 44.7 Å². The molecule has 0 bridgehead atoms. The summed E-state index contributed by atoms with van der Waals surface area (Å²) in [6.45, 7) is 0. The van der Waals surface area contributed by atoms with Gasteiger partial charge in [-0.15, -0.1) is 12.4 Å². The summed E-state index contributed by atoms with van der Waals surface area (Å²) >= 11 is 0. The van der Waals surface area contributed by atoms with E-state index < -0.39 is 12.5 Å². The maximum absolute atomic E-state index is 12.7. The Kier molecular flexibility index (Phi) is 4.09. The number of alkyl halides is 2. The molecule has 0 amide bonds. The lowest BCUT2D eigenvalue weighted by atomic mass is 9.89. The zero-order chi connectivity index (χ0) is 15.3. The van der Waals surface area contributed by atoms with Crippen LogP contribution in [0.2, 0.25) is 0 Å². The lowest BCUT2D eigenvalue weighted by molar-refractivity contribution is 0.128. The van der Waals surface area contributed by atoms with Crippen LogP contribution < -0.4 is 5.73 Å². The third kappa shape index (κ3) is 2.50. The van der Waals surface area contributed by atoms with E-state index in [2.05, 4.69) is 24.3 Å². The van der Waals surface area contributed by atoms with Crippen molar-refractivity contribution in [3.8, 4) is 0 Å². The number of halogens is 3. The third-order valence-electron chi connectivity index (χ3n) is 4.39. The van der Waals surface area contributed by atoms with Gasteiger partial charge in [-0.3, -0.25) is 0 Å². The van der Waals surface area contributed by atoms with E-state index in [-0.39, 0.29) is 18.8 Å². The van der Waals surface area contributed by atoms with Crippen molar-refractivity contribution in [1.82, 2.24) is 0 Å². The minimum absolute atomic E-state index is 0. The molecule has 2 N–H and O–H groups in total. The fourth-order valence-electron chi connectivity index (χ4n) is 3.40. The van der Waals surface area contributed by atoms with Crippen molar-refractivity contribution in [2.45, 2.75) is 18.9 Å². The van der Waals surface area contributed by atoms with E-state index in [0.717, 1.165) is 32.5 Å². The summed E-state index contributed by atoms with van der Waals surface area (Å²) in [7, 11) is 0. The zero-order valence-electron chi connectivity index (χ0n) is 12.3. The molecular weight excluding hydrogens is 316 g/mol. The van der Waals surface area contributed by atoms with Gasteiger partial charge in [-0.25, -0.2) is 8.78 Å². The zero-order valence-corrected chi connectivity index (χ0v) is 13.1. The summed E-state index contributed by atoms with van der Waals surface area (Å²) in [5.41, 5.74) is 6.81. The number of nitrogens with two attached hydrogens (primary N) is 1. The largest absolute Gasteiger partial charge is 0.324 e. The first-order chi connectivity index (χ1) is 10.6. The first-order valence-electron chi connectivity index (χ1n) is 7.35. The van der Waals surface area contributed by atoms with Crippen LogP contribution in [-0.4, -0.2) is 6.43 Å². The molecule has 0 aliphatic heterocycles. The molecule has 0 spiro atoms. The van der Waals surface area contributed by atoms with E-state index >= 15 is 0 Å². The van der Waals surface area contributed by atoms with Crippen molar-refractivity contribution in [1.29, 1.82) is 0 Å². The molecular formula is C19H16ClF2N. The molecule has 0 aromatic heterocycles. The Morgan fingerprint density at radius 2 is 1.35 bits per heavy atom.